The maximum atomic E-state index is 12.8. The Bertz CT molecular complexity index is 656. The van der Waals surface area contributed by atoms with Crippen molar-refractivity contribution in [2.75, 3.05) is 6.61 Å². The molecule has 2 aliphatic heterocycles. The standard InChI is InChI=1S/C26H43NO4/c1-5-6-14-31-26(30)22-9-7-8-19-15-21-20(25(29)16-23(21)27(19)22)12-13-24(28)18(4)11-10-17(2)3/h10,12-13,18-25,28-29H,5-9,11,14-16H2,1-4H3/b13-12+/t18?,19?,20-,21-,22?,23?,24-,25-/m1/s1. The molecule has 2 heterocycles. The van der Waals surface area contributed by atoms with E-state index in [2.05, 4.69) is 44.7 Å². The number of aliphatic hydroxyl groups is 2. The number of piperidine rings is 1. The van der Waals surface area contributed by atoms with Crippen molar-refractivity contribution in [2.24, 2.45) is 17.8 Å². The number of nitrogens with zero attached hydrogens (tertiary/aromatic N) is 1. The number of ether oxygens (including phenoxy) is 1. The van der Waals surface area contributed by atoms with Crippen LogP contribution in [0.15, 0.2) is 23.8 Å². The van der Waals surface area contributed by atoms with Crippen LogP contribution in [0.5, 0.6) is 0 Å². The Morgan fingerprint density at radius 1 is 1.26 bits per heavy atom. The second-order valence-corrected chi connectivity index (χ2v) is 10.3. The van der Waals surface area contributed by atoms with E-state index in [0.717, 1.165) is 44.9 Å². The van der Waals surface area contributed by atoms with Crippen LogP contribution in [0.2, 0.25) is 0 Å². The molecule has 0 bridgehead atoms. The molecule has 2 N–H and O–H groups in total. The van der Waals surface area contributed by atoms with E-state index in [-0.39, 0.29) is 29.9 Å². The fraction of sp³-hybridized carbons (Fsp3) is 0.808. The van der Waals surface area contributed by atoms with Crippen LogP contribution in [0.25, 0.3) is 0 Å². The van der Waals surface area contributed by atoms with Gasteiger partial charge in [-0.25, -0.2) is 0 Å². The summed E-state index contributed by atoms with van der Waals surface area (Å²) in [5.74, 6) is 0.478. The highest BCUT2D eigenvalue weighted by Gasteiger charge is 2.55. The minimum absolute atomic E-state index is 0.0534. The summed E-state index contributed by atoms with van der Waals surface area (Å²) in [6, 6.07) is 0.492. The number of fused-ring (bicyclic) bond motifs is 3. The molecule has 1 aliphatic carbocycles. The van der Waals surface area contributed by atoms with Crippen LogP contribution < -0.4 is 0 Å². The molecule has 0 radical (unpaired) electrons. The summed E-state index contributed by atoms with van der Waals surface area (Å²) in [4.78, 5) is 15.2. The summed E-state index contributed by atoms with van der Waals surface area (Å²) in [7, 11) is 0. The van der Waals surface area contributed by atoms with Gasteiger partial charge in [-0.3, -0.25) is 9.69 Å². The minimum Gasteiger partial charge on any atom is -0.465 e. The number of carbonyl (C=O) groups is 1. The zero-order valence-electron chi connectivity index (χ0n) is 19.9. The van der Waals surface area contributed by atoms with Crippen LogP contribution >= 0.6 is 0 Å². The maximum absolute atomic E-state index is 12.8. The van der Waals surface area contributed by atoms with Gasteiger partial charge in [-0.05, 0) is 70.6 Å². The van der Waals surface area contributed by atoms with Gasteiger partial charge in [0.15, 0.2) is 0 Å². The molecule has 0 aromatic rings. The Morgan fingerprint density at radius 2 is 2.03 bits per heavy atom. The summed E-state index contributed by atoms with van der Waals surface area (Å²) in [5.41, 5.74) is 1.27. The van der Waals surface area contributed by atoms with Crippen molar-refractivity contribution >= 4 is 5.97 Å². The van der Waals surface area contributed by atoms with Gasteiger partial charge in [-0.1, -0.05) is 44.1 Å². The molecule has 3 rings (SSSR count). The number of esters is 1. The van der Waals surface area contributed by atoms with E-state index >= 15 is 0 Å². The number of carbonyl (C=O) groups excluding carboxylic acids is 1. The molecule has 31 heavy (non-hydrogen) atoms. The van der Waals surface area contributed by atoms with Crippen LogP contribution in [0.4, 0.5) is 0 Å². The molecule has 3 fully saturated rings. The van der Waals surface area contributed by atoms with Crippen molar-refractivity contribution in [3.05, 3.63) is 23.8 Å². The minimum atomic E-state index is -0.507. The van der Waals surface area contributed by atoms with Gasteiger partial charge in [0, 0.05) is 18.0 Å². The lowest BCUT2D eigenvalue weighted by atomic mass is 9.88. The third kappa shape index (κ3) is 5.80. The molecule has 0 spiro atoms. The molecule has 0 aromatic heterocycles. The maximum Gasteiger partial charge on any atom is 0.323 e. The van der Waals surface area contributed by atoms with Crippen molar-refractivity contribution in [2.45, 2.75) is 109 Å². The molecule has 0 aromatic carbocycles. The highest BCUT2D eigenvalue weighted by molar-refractivity contribution is 5.76. The van der Waals surface area contributed by atoms with Crippen molar-refractivity contribution in [3.63, 3.8) is 0 Å². The average Bonchev–Trinajstić information content (AvgIpc) is 3.24. The molecular formula is C26H43NO4. The number of allylic oxidation sites excluding steroid dienone is 2. The molecule has 8 atom stereocenters. The quantitative estimate of drug-likeness (QED) is 0.323. The van der Waals surface area contributed by atoms with Gasteiger partial charge in [-0.2, -0.15) is 0 Å². The monoisotopic (exact) mass is 433 g/mol. The van der Waals surface area contributed by atoms with E-state index < -0.39 is 12.2 Å². The second kappa shape index (κ2) is 11.1. The third-order valence-corrected chi connectivity index (χ3v) is 7.67. The van der Waals surface area contributed by atoms with E-state index in [1.165, 1.54) is 5.57 Å². The summed E-state index contributed by atoms with van der Waals surface area (Å²) in [5, 5.41) is 21.4. The van der Waals surface area contributed by atoms with Crippen LogP contribution in [-0.2, 0) is 9.53 Å². The van der Waals surface area contributed by atoms with Crippen molar-refractivity contribution in [1.82, 2.24) is 4.90 Å². The molecule has 0 amide bonds. The topological polar surface area (TPSA) is 70.0 Å². The first-order valence-corrected chi connectivity index (χ1v) is 12.4. The van der Waals surface area contributed by atoms with Crippen molar-refractivity contribution in [3.8, 4) is 0 Å². The number of hydrogen-bond acceptors (Lipinski definition) is 5. The highest BCUT2D eigenvalue weighted by atomic mass is 16.5. The molecule has 176 valence electrons. The lowest BCUT2D eigenvalue weighted by Crippen LogP contribution is -2.51. The van der Waals surface area contributed by atoms with Gasteiger partial charge in [0.05, 0.1) is 18.8 Å². The predicted molar refractivity (Wildman–Crippen MR) is 124 cm³/mol. The van der Waals surface area contributed by atoms with E-state index in [9.17, 15) is 15.0 Å². The molecule has 3 aliphatic rings. The Kier molecular flexibility index (Phi) is 8.77. The zero-order chi connectivity index (χ0) is 22.5. The number of aliphatic hydroxyl groups excluding tert-OH is 2. The Hall–Kier alpha value is -1.17. The van der Waals surface area contributed by atoms with Crippen molar-refractivity contribution < 1.29 is 19.7 Å². The van der Waals surface area contributed by atoms with Gasteiger partial charge in [0.2, 0.25) is 0 Å². The van der Waals surface area contributed by atoms with Gasteiger partial charge in [0.1, 0.15) is 6.04 Å². The molecule has 4 unspecified atom stereocenters. The predicted octanol–water partition coefficient (Wildman–Crippen LogP) is 4.23. The smallest absolute Gasteiger partial charge is 0.323 e. The van der Waals surface area contributed by atoms with E-state index in [0.29, 0.717) is 25.0 Å². The normalized spacial score (nSPS) is 34.9. The molecule has 5 heteroatoms. The van der Waals surface area contributed by atoms with Crippen LogP contribution in [0.3, 0.4) is 0 Å². The largest absolute Gasteiger partial charge is 0.465 e. The van der Waals surface area contributed by atoms with Gasteiger partial charge < -0.3 is 14.9 Å². The number of unbranched alkanes of at least 4 members (excludes halogenated alkanes) is 1. The van der Waals surface area contributed by atoms with Crippen LogP contribution in [-0.4, -0.2) is 58.0 Å². The highest BCUT2D eigenvalue weighted by Crippen LogP contribution is 2.49. The Morgan fingerprint density at radius 3 is 2.74 bits per heavy atom. The Balaban J connectivity index is 1.65. The summed E-state index contributed by atoms with van der Waals surface area (Å²) in [6.07, 6.45) is 12.8. The molecule has 1 saturated carbocycles. The zero-order valence-corrected chi connectivity index (χ0v) is 19.9. The van der Waals surface area contributed by atoms with E-state index in [1.807, 2.05) is 6.08 Å². The fourth-order valence-corrected chi connectivity index (χ4v) is 5.85. The average molecular weight is 434 g/mol. The lowest BCUT2D eigenvalue weighted by Gasteiger charge is -2.39. The Labute approximate surface area is 188 Å². The first-order chi connectivity index (χ1) is 14.8. The molecule has 2 saturated heterocycles. The first-order valence-electron chi connectivity index (χ1n) is 12.4. The lowest BCUT2D eigenvalue weighted by molar-refractivity contribution is -0.153. The summed E-state index contributed by atoms with van der Waals surface area (Å²) in [6.45, 7) is 8.82. The fourth-order valence-electron chi connectivity index (χ4n) is 5.85. The SMILES string of the molecule is CCCCOC(=O)C1CCCC2C[C@H]3C(C[C@@H](O)[C@@H]3/C=C/[C@@H](O)C(C)CC=C(C)C)N21. The van der Waals surface area contributed by atoms with E-state index in [1.54, 1.807) is 0 Å². The van der Waals surface area contributed by atoms with E-state index in [4.69, 9.17) is 4.74 Å². The van der Waals surface area contributed by atoms with Gasteiger partial charge in [-0.15, -0.1) is 0 Å². The number of rotatable bonds is 9. The third-order valence-electron chi connectivity index (χ3n) is 7.67. The van der Waals surface area contributed by atoms with Gasteiger partial charge in [0.25, 0.3) is 0 Å². The van der Waals surface area contributed by atoms with Crippen LogP contribution in [0, 0.1) is 17.8 Å². The second-order valence-electron chi connectivity index (χ2n) is 10.3. The van der Waals surface area contributed by atoms with Crippen molar-refractivity contribution in [1.29, 1.82) is 0 Å². The molecular weight excluding hydrogens is 390 g/mol. The first kappa shape index (κ1) is 24.5. The summed E-state index contributed by atoms with van der Waals surface area (Å²) < 4.78 is 5.58. The van der Waals surface area contributed by atoms with Crippen LogP contribution in [0.1, 0.15) is 79.1 Å². The summed E-state index contributed by atoms with van der Waals surface area (Å²) >= 11 is 0. The van der Waals surface area contributed by atoms with Gasteiger partial charge >= 0.3 is 5.97 Å². The number of hydrogen-bond donors (Lipinski definition) is 2. The molecule has 5 nitrogen and oxygen atoms in total.